The molecule has 0 saturated heterocycles. The molecule has 142 valence electrons. The van der Waals surface area contributed by atoms with Gasteiger partial charge in [-0.2, -0.15) is 0 Å². The number of hydrogen-bond donors (Lipinski definition) is 1. The van der Waals surface area contributed by atoms with Gasteiger partial charge in [0, 0.05) is 28.8 Å². The summed E-state index contributed by atoms with van der Waals surface area (Å²) in [6, 6.07) is 10.2. The molecule has 0 aliphatic rings. The van der Waals surface area contributed by atoms with Gasteiger partial charge in [0.1, 0.15) is 5.75 Å². The molecular formula is C19H19ClN2O5. The topological polar surface area (TPSA) is 98.5 Å². The second-order valence-corrected chi connectivity index (χ2v) is 7.27. The summed E-state index contributed by atoms with van der Waals surface area (Å²) in [6.07, 6.45) is 0. The van der Waals surface area contributed by atoms with Gasteiger partial charge in [-0.15, -0.1) is 0 Å². The number of nitrogens with one attached hydrogen (secondary N) is 1. The minimum Gasteiger partial charge on any atom is -0.484 e. The number of nitrogens with zero attached hydrogens (tertiary/aromatic N) is 1. The third-order valence-electron chi connectivity index (χ3n) is 3.63. The quantitative estimate of drug-likeness (QED) is 0.445. The van der Waals surface area contributed by atoms with E-state index in [-0.39, 0.29) is 34.8 Å². The molecule has 7 nitrogen and oxygen atoms in total. The molecule has 0 radical (unpaired) electrons. The molecule has 0 bridgehead atoms. The molecule has 0 atom stereocenters. The molecule has 0 saturated carbocycles. The number of anilines is 1. The van der Waals surface area contributed by atoms with Crippen LogP contribution in [0.15, 0.2) is 42.5 Å². The second-order valence-electron chi connectivity index (χ2n) is 6.87. The van der Waals surface area contributed by atoms with E-state index in [0.717, 1.165) is 6.07 Å². The Labute approximate surface area is 161 Å². The fraction of sp³-hybridized carbons (Fsp3) is 0.263. The molecule has 8 heteroatoms. The van der Waals surface area contributed by atoms with Crippen LogP contribution in [0, 0.1) is 15.5 Å². The summed E-state index contributed by atoms with van der Waals surface area (Å²) in [4.78, 5) is 34.3. The zero-order valence-corrected chi connectivity index (χ0v) is 15.9. The monoisotopic (exact) mass is 390 g/mol. The van der Waals surface area contributed by atoms with Crippen molar-refractivity contribution in [1.82, 2.24) is 0 Å². The van der Waals surface area contributed by atoms with Gasteiger partial charge in [-0.25, -0.2) is 0 Å². The number of rotatable bonds is 6. The maximum Gasteiger partial charge on any atom is 0.271 e. The lowest BCUT2D eigenvalue weighted by Gasteiger charge is -2.17. The predicted octanol–water partition coefficient (Wildman–Crippen LogP) is 4.49. The van der Waals surface area contributed by atoms with Crippen molar-refractivity contribution >= 4 is 34.7 Å². The van der Waals surface area contributed by atoms with Crippen LogP contribution in [0.4, 0.5) is 11.4 Å². The first-order valence-electron chi connectivity index (χ1n) is 8.09. The summed E-state index contributed by atoms with van der Waals surface area (Å²) in [5, 5.41) is 13.5. The van der Waals surface area contributed by atoms with E-state index in [0.29, 0.717) is 11.3 Å². The van der Waals surface area contributed by atoms with E-state index < -0.39 is 10.3 Å². The van der Waals surface area contributed by atoms with E-state index in [1.54, 1.807) is 45.0 Å². The van der Waals surface area contributed by atoms with Gasteiger partial charge in [0.05, 0.1) is 9.95 Å². The van der Waals surface area contributed by atoms with Crippen LogP contribution in [-0.4, -0.2) is 23.2 Å². The first-order chi connectivity index (χ1) is 12.6. The minimum absolute atomic E-state index is 0.0530. The third-order valence-corrected chi connectivity index (χ3v) is 3.93. The highest BCUT2D eigenvalue weighted by Crippen LogP contribution is 2.28. The number of halogens is 1. The van der Waals surface area contributed by atoms with Gasteiger partial charge in [-0.3, -0.25) is 19.7 Å². The van der Waals surface area contributed by atoms with Gasteiger partial charge in [0.2, 0.25) is 5.91 Å². The van der Waals surface area contributed by atoms with Crippen LogP contribution in [0.1, 0.15) is 31.1 Å². The molecular weight excluding hydrogens is 372 g/mol. The molecule has 0 heterocycles. The summed E-state index contributed by atoms with van der Waals surface area (Å²) >= 11 is 5.93. The Kier molecular flexibility index (Phi) is 6.17. The van der Waals surface area contributed by atoms with Gasteiger partial charge < -0.3 is 10.1 Å². The standard InChI is InChI=1S/C19H19ClN2O5/c1-19(2,3)18(24)21-13-6-4-12(5-7-13)16(23)11-27-17-9-8-14(22(25)26)10-15(17)20/h4-10H,11H2,1-3H3,(H,21,24). The lowest BCUT2D eigenvalue weighted by molar-refractivity contribution is -0.384. The highest BCUT2D eigenvalue weighted by atomic mass is 35.5. The number of nitro benzene ring substituents is 1. The molecule has 0 fully saturated rings. The van der Waals surface area contributed by atoms with Crippen molar-refractivity contribution < 1.29 is 19.2 Å². The number of Topliss-reactive ketones (excluding diaryl/α,β-unsaturated/α-hetero) is 1. The van der Waals surface area contributed by atoms with Gasteiger partial charge in [-0.05, 0) is 30.3 Å². The Bertz CT molecular complexity index is 873. The first-order valence-corrected chi connectivity index (χ1v) is 8.47. The van der Waals surface area contributed by atoms with Crippen molar-refractivity contribution in [2.75, 3.05) is 11.9 Å². The lowest BCUT2D eigenvalue weighted by atomic mass is 9.95. The number of benzene rings is 2. The maximum atomic E-state index is 12.2. The van der Waals surface area contributed by atoms with Crippen molar-refractivity contribution in [3.05, 3.63) is 63.2 Å². The molecule has 2 aromatic rings. The molecule has 1 amide bonds. The predicted molar refractivity (Wildman–Crippen MR) is 102 cm³/mol. The number of carbonyl (C=O) groups is 2. The number of ketones is 1. The normalized spacial score (nSPS) is 11.0. The van der Waals surface area contributed by atoms with Crippen molar-refractivity contribution in [2.24, 2.45) is 5.41 Å². The van der Waals surface area contributed by atoms with Crippen LogP contribution in [0.25, 0.3) is 0 Å². The van der Waals surface area contributed by atoms with Crippen LogP contribution in [-0.2, 0) is 4.79 Å². The number of carbonyl (C=O) groups excluding carboxylic acids is 2. The van der Waals surface area contributed by atoms with Gasteiger partial charge in [0.15, 0.2) is 12.4 Å². The molecule has 2 aromatic carbocycles. The Morgan fingerprint density at radius 2 is 1.78 bits per heavy atom. The van der Waals surface area contributed by atoms with Crippen LogP contribution >= 0.6 is 11.6 Å². The molecule has 0 spiro atoms. The zero-order valence-electron chi connectivity index (χ0n) is 15.1. The molecule has 0 unspecified atom stereocenters. The van der Waals surface area contributed by atoms with Crippen LogP contribution in [0.5, 0.6) is 5.75 Å². The zero-order chi connectivity index (χ0) is 20.2. The van der Waals surface area contributed by atoms with E-state index >= 15 is 0 Å². The Hall–Kier alpha value is -2.93. The summed E-state index contributed by atoms with van der Waals surface area (Å²) in [5.74, 6) is -0.236. The fourth-order valence-corrected chi connectivity index (χ4v) is 2.23. The molecule has 2 rings (SSSR count). The summed E-state index contributed by atoms with van der Waals surface area (Å²) in [6.45, 7) is 5.15. The second kappa shape index (κ2) is 8.18. The van der Waals surface area contributed by atoms with Crippen molar-refractivity contribution in [2.45, 2.75) is 20.8 Å². The molecule has 27 heavy (non-hydrogen) atoms. The van der Waals surface area contributed by atoms with Gasteiger partial charge >= 0.3 is 0 Å². The highest BCUT2D eigenvalue weighted by Gasteiger charge is 2.21. The fourth-order valence-electron chi connectivity index (χ4n) is 2.01. The smallest absolute Gasteiger partial charge is 0.271 e. The van der Waals surface area contributed by atoms with Crippen LogP contribution in [0.3, 0.4) is 0 Å². The average Bonchev–Trinajstić information content (AvgIpc) is 2.60. The van der Waals surface area contributed by atoms with Crippen molar-refractivity contribution in [1.29, 1.82) is 0 Å². The minimum atomic E-state index is -0.569. The molecule has 0 aliphatic heterocycles. The lowest BCUT2D eigenvalue weighted by Crippen LogP contribution is -2.27. The van der Waals surface area contributed by atoms with Crippen molar-refractivity contribution in [3.63, 3.8) is 0 Å². The Balaban J connectivity index is 1.98. The summed E-state index contributed by atoms with van der Waals surface area (Å²) in [7, 11) is 0. The van der Waals surface area contributed by atoms with E-state index in [9.17, 15) is 19.7 Å². The van der Waals surface area contributed by atoms with E-state index in [1.807, 2.05) is 0 Å². The Morgan fingerprint density at radius 1 is 1.15 bits per heavy atom. The van der Waals surface area contributed by atoms with Gasteiger partial charge in [-0.1, -0.05) is 32.4 Å². The summed E-state index contributed by atoms with van der Waals surface area (Å²) in [5.41, 5.74) is 0.311. The largest absolute Gasteiger partial charge is 0.484 e. The van der Waals surface area contributed by atoms with Crippen molar-refractivity contribution in [3.8, 4) is 5.75 Å². The molecule has 1 N–H and O–H groups in total. The van der Waals surface area contributed by atoms with Crippen LogP contribution < -0.4 is 10.1 Å². The number of hydrogen-bond acceptors (Lipinski definition) is 5. The average molecular weight is 391 g/mol. The van der Waals surface area contributed by atoms with Crippen LogP contribution in [0.2, 0.25) is 5.02 Å². The first kappa shape index (κ1) is 20.4. The molecule has 0 aliphatic carbocycles. The third kappa shape index (κ3) is 5.52. The van der Waals surface area contributed by atoms with E-state index in [1.165, 1.54) is 12.1 Å². The maximum absolute atomic E-state index is 12.2. The Morgan fingerprint density at radius 3 is 2.30 bits per heavy atom. The number of non-ortho nitro benzene ring substituents is 1. The summed E-state index contributed by atoms with van der Waals surface area (Å²) < 4.78 is 5.35. The highest BCUT2D eigenvalue weighted by molar-refractivity contribution is 6.32. The number of ether oxygens (including phenoxy) is 1. The van der Waals surface area contributed by atoms with Gasteiger partial charge in [0.25, 0.3) is 5.69 Å². The van der Waals surface area contributed by atoms with E-state index in [4.69, 9.17) is 16.3 Å². The number of amides is 1. The SMILES string of the molecule is CC(C)(C)C(=O)Nc1ccc(C(=O)COc2ccc([N+](=O)[O-])cc2Cl)cc1. The van der Waals surface area contributed by atoms with E-state index in [2.05, 4.69) is 5.32 Å². The molecule has 0 aromatic heterocycles. The number of nitro groups is 1.